The Morgan fingerprint density at radius 1 is 1.00 bits per heavy atom. The smallest absolute Gasteiger partial charge is 0.168 e. The van der Waals surface area contributed by atoms with Crippen molar-refractivity contribution in [3.05, 3.63) is 0 Å². The highest BCUT2D eigenvalue weighted by molar-refractivity contribution is 5.06. The molecule has 1 aliphatic heterocycles. The van der Waals surface area contributed by atoms with E-state index in [0.717, 1.165) is 43.8 Å². The van der Waals surface area contributed by atoms with Gasteiger partial charge in [0.05, 0.1) is 13.2 Å². The second kappa shape index (κ2) is 5.44. The molecule has 23 heavy (non-hydrogen) atoms. The van der Waals surface area contributed by atoms with Crippen LogP contribution in [-0.2, 0) is 9.47 Å². The van der Waals surface area contributed by atoms with E-state index >= 15 is 0 Å². The highest BCUT2D eigenvalue weighted by Gasteiger charge is 2.59. The lowest BCUT2D eigenvalue weighted by Crippen LogP contribution is -2.56. The Hall–Kier alpha value is -0.120. The van der Waals surface area contributed by atoms with Crippen molar-refractivity contribution >= 4 is 0 Å². The summed E-state index contributed by atoms with van der Waals surface area (Å²) < 4.78 is 12.1. The molecule has 3 nitrogen and oxygen atoms in total. The first-order valence-corrected chi connectivity index (χ1v) is 9.81. The number of ether oxygens (including phenoxy) is 2. The Morgan fingerprint density at radius 3 is 2.43 bits per heavy atom. The highest BCUT2D eigenvalue weighted by atomic mass is 16.7. The third-order valence-corrected chi connectivity index (χ3v) is 8.69. The molecule has 0 aromatic carbocycles. The van der Waals surface area contributed by atoms with E-state index in [1.165, 1.54) is 32.1 Å². The quantitative estimate of drug-likeness (QED) is 0.793. The molecule has 0 aromatic rings. The number of aliphatic hydroxyl groups excluding tert-OH is 1. The van der Waals surface area contributed by atoms with Gasteiger partial charge in [0.1, 0.15) is 0 Å². The zero-order valence-electron chi connectivity index (χ0n) is 15.1. The maximum absolute atomic E-state index is 9.91. The normalized spacial score (nSPS) is 52.2. The van der Waals surface area contributed by atoms with Gasteiger partial charge in [-0.3, -0.25) is 0 Å². The monoisotopic (exact) mass is 322 g/mol. The lowest BCUT2D eigenvalue weighted by molar-refractivity contribution is -0.230. The summed E-state index contributed by atoms with van der Waals surface area (Å²) in [5, 5.41) is 9.91. The largest absolute Gasteiger partial charge is 0.396 e. The Balaban J connectivity index is 1.56. The van der Waals surface area contributed by atoms with E-state index in [1.54, 1.807) is 0 Å². The molecule has 3 saturated carbocycles. The minimum Gasteiger partial charge on any atom is -0.396 e. The molecule has 1 heterocycles. The van der Waals surface area contributed by atoms with Gasteiger partial charge < -0.3 is 14.6 Å². The molecule has 3 heteroatoms. The van der Waals surface area contributed by atoms with Gasteiger partial charge in [-0.25, -0.2) is 0 Å². The van der Waals surface area contributed by atoms with Crippen LogP contribution >= 0.6 is 0 Å². The summed E-state index contributed by atoms with van der Waals surface area (Å²) in [6, 6.07) is 0. The van der Waals surface area contributed by atoms with Crippen LogP contribution in [0.25, 0.3) is 0 Å². The summed E-state index contributed by atoms with van der Waals surface area (Å²) in [6.45, 7) is 9.18. The van der Waals surface area contributed by atoms with Crippen LogP contribution in [0.5, 0.6) is 0 Å². The number of hydrogen-bond donors (Lipinski definition) is 1. The standard InChI is InChI=1S/C20H34O3/c1-14-16-5-4-15-12-20(22-10-11-23-20)9-8-19(15,3)17(16)6-7-18(14,2)13-21/h14-17,21H,4-13H2,1-3H3/t14-,15+,16-,17-,18+,19-/m0/s1. The molecule has 132 valence electrons. The van der Waals surface area contributed by atoms with Gasteiger partial charge in [0.15, 0.2) is 5.79 Å². The molecular formula is C20H34O3. The molecule has 3 aliphatic carbocycles. The second-order valence-electron chi connectivity index (χ2n) is 9.50. The Bertz CT molecular complexity index is 458. The van der Waals surface area contributed by atoms with Crippen molar-refractivity contribution in [1.82, 2.24) is 0 Å². The minimum absolute atomic E-state index is 0.137. The molecule has 0 unspecified atom stereocenters. The molecule has 1 N–H and O–H groups in total. The number of fused-ring (bicyclic) bond motifs is 3. The molecule has 4 aliphatic rings. The summed E-state index contributed by atoms with van der Waals surface area (Å²) in [5.41, 5.74) is 0.590. The van der Waals surface area contributed by atoms with Crippen molar-refractivity contribution in [2.45, 2.75) is 71.5 Å². The van der Waals surface area contributed by atoms with Gasteiger partial charge in [0.2, 0.25) is 0 Å². The first kappa shape index (κ1) is 16.4. The molecule has 0 bridgehead atoms. The summed E-state index contributed by atoms with van der Waals surface area (Å²) in [5.74, 6) is 2.77. The fraction of sp³-hybridized carbons (Fsp3) is 1.00. The van der Waals surface area contributed by atoms with E-state index in [9.17, 15) is 5.11 Å². The predicted molar refractivity (Wildman–Crippen MR) is 89.9 cm³/mol. The molecule has 1 saturated heterocycles. The summed E-state index contributed by atoms with van der Waals surface area (Å²) in [6.07, 6.45) is 8.57. The molecule has 4 fully saturated rings. The van der Waals surface area contributed by atoms with Crippen molar-refractivity contribution in [2.75, 3.05) is 19.8 Å². The van der Waals surface area contributed by atoms with Gasteiger partial charge in [-0.15, -0.1) is 0 Å². The van der Waals surface area contributed by atoms with E-state index in [4.69, 9.17) is 9.47 Å². The Morgan fingerprint density at radius 2 is 1.74 bits per heavy atom. The van der Waals surface area contributed by atoms with Crippen molar-refractivity contribution < 1.29 is 14.6 Å². The van der Waals surface area contributed by atoms with Gasteiger partial charge in [-0.1, -0.05) is 20.8 Å². The molecule has 4 rings (SSSR count). The van der Waals surface area contributed by atoms with Crippen molar-refractivity contribution in [2.24, 2.45) is 34.5 Å². The summed E-state index contributed by atoms with van der Waals surface area (Å²) >= 11 is 0. The number of hydrogen-bond acceptors (Lipinski definition) is 3. The number of rotatable bonds is 1. The summed E-state index contributed by atoms with van der Waals surface area (Å²) in [4.78, 5) is 0. The van der Waals surface area contributed by atoms with E-state index in [1.807, 2.05) is 0 Å². The van der Waals surface area contributed by atoms with Crippen molar-refractivity contribution in [3.8, 4) is 0 Å². The van der Waals surface area contributed by atoms with E-state index < -0.39 is 0 Å². The van der Waals surface area contributed by atoms with E-state index in [2.05, 4.69) is 20.8 Å². The maximum Gasteiger partial charge on any atom is 0.168 e. The Labute approximate surface area is 141 Å². The van der Waals surface area contributed by atoms with Crippen LogP contribution in [0.2, 0.25) is 0 Å². The van der Waals surface area contributed by atoms with Gasteiger partial charge >= 0.3 is 0 Å². The van der Waals surface area contributed by atoms with Crippen LogP contribution in [0.1, 0.15) is 65.7 Å². The fourth-order valence-electron chi connectivity index (χ4n) is 6.73. The highest BCUT2D eigenvalue weighted by Crippen LogP contribution is 2.64. The van der Waals surface area contributed by atoms with Crippen molar-refractivity contribution in [3.63, 3.8) is 0 Å². The molecule has 0 amide bonds. The molecule has 1 spiro atoms. The van der Waals surface area contributed by atoms with E-state index in [0.29, 0.717) is 17.9 Å². The van der Waals surface area contributed by atoms with Crippen LogP contribution in [0, 0.1) is 34.5 Å². The molecule has 6 atom stereocenters. The fourth-order valence-corrected chi connectivity index (χ4v) is 6.73. The molecule has 0 radical (unpaired) electrons. The second-order valence-corrected chi connectivity index (χ2v) is 9.50. The Kier molecular flexibility index (Phi) is 3.87. The van der Waals surface area contributed by atoms with Gasteiger partial charge in [0, 0.05) is 19.4 Å². The first-order valence-electron chi connectivity index (χ1n) is 9.81. The SMILES string of the molecule is C[C@H]1[C@@H]2CC[C@@H]3CC4(CC[C@]3(C)[C@H]2CC[C@]1(C)CO)OCCO4. The van der Waals surface area contributed by atoms with E-state index in [-0.39, 0.29) is 11.2 Å². The van der Waals surface area contributed by atoms with Crippen LogP contribution in [0.15, 0.2) is 0 Å². The number of aliphatic hydroxyl groups is 1. The first-order chi connectivity index (χ1) is 10.9. The van der Waals surface area contributed by atoms with Gasteiger partial charge in [-0.05, 0) is 66.6 Å². The molecular weight excluding hydrogens is 288 g/mol. The maximum atomic E-state index is 9.91. The van der Waals surface area contributed by atoms with Crippen LogP contribution in [0.4, 0.5) is 0 Å². The third-order valence-electron chi connectivity index (χ3n) is 8.69. The van der Waals surface area contributed by atoms with Crippen LogP contribution < -0.4 is 0 Å². The lowest BCUT2D eigenvalue weighted by atomic mass is 9.45. The predicted octanol–water partition coefficient (Wildman–Crippen LogP) is 3.99. The minimum atomic E-state index is -0.239. The third kappa shape index (κ3) is 2.33. The average molecular weight is 322 g/mol. The topological polar surface area (TPSA) is 38.7 Å². The zero-order valence-corrected chi connectivity index (χ0v) is 15.1. The molecule has 0 aromatic heterocycles. The van der Waals surface area contributed by atoms with Crippen LogP contribution in [-0.4, -0.2) is 30.7 Å². The van der Waals surface area contributed by atoms with Gasteiger partial charge in [0.25, 0.3) is 0 Å². The lowest BCUT2D eigenvalue weighted by Gasteiger charge is -2.61. The van der Waals surface area contributed by atoms with Crippen molar-refractivity contribution in [1.29, 1.82) is 0 Å². The zero-order chi connectivity index (χ0) is 16.3. The van der Waals surface area contributed by atoms with Crippen LogP contribution in [0.3, 0.4) is 0 Å². The average Bonchev–Trinajstić information content (AvgIpc) is 3.00. The van der Waals surface area contributed by atoms with Gasteiger partial charge in [-0.2, -0.15) is 0 Å². The summed E-state index contributed by atoms with van der Waals surface area (Å²) in [7, 11) is 0.